The molecule has 0 aliphatic heterocycles. The molecule has 0 aliphatic rings. The summed E-state index contributed by atoms with van der Waals surface area (Å²) in [6.45, 7) is 2.36. The largest absolute Gasteiger partial charge is 0.337 e. The summed E-state index contributed by atoms with van der Waals surface area (Å²) in [6.07, 6.45) is 5.22. The van der Waals surface area contributed by atoms with E-state index in [0.29, 0.717) is 12.1 Å². The van der Waals surface area contributed by atoms with Gasteiger partial charge in [0.25, 0.3) is 5.91 Å². The molecular formula is C17H19N5O. The zero-order valence-electron chi connectivity index (χ0n) is 13.5. The van der Waals surface area contributed by atoms with Crippen LogP contribution in [0.3, 0.4) is 0 Å². The summed E-state index contributed by atoms with van der Waals surface area (Å²) in [5, 5.41) is 4.35. The summed E-state index contributed by atoms with van der Waals surface area (Å²) in [5.41, 5.74) is 2.37. The molecule has 0 N–H and O–H groups in total. The lowest BCUT2D eigenvalue weighted by Gasteiger charge is -2.16. The third-order valence-corrected chi connectivity index (χ3v) is 3.89. The standard InChI is InChI=1S/C17H19N5O/c1-13-15(11-19-22(13)14-7-5-4-6-8-14)17(23)21(3)12-16-18-9-10-20(16)2/h4-11H,12H2,1-3H3. The highest BCUT2D eigenvalue weighted by molar-refractivity contribution is 5.95. The van der Waals surface area contributed by atoms with Crippen molar-refractivity contribution in [1.29, 1.82) is 0 Å². The van der Waals surface area contributed by atoms with Gasteiger partial charge in [0.1, 0.15) is 5.82 Å². The molecule has 0 radical (unpaired) electrons. The summed E-state index contributed by atoms with van der Waals surface area (Å²) in [5.74, 6) is 0.779. The molecule has 0 spiro atoms. The van der Waals surface area contributed by atoms with E-state index in [4.69, 9.17) is 0 Å². The van der Waals surface area contributed by atoms with Crippen molar-refractivity contribution in [3.8, 4) is 5.69 Å². The first-order valence-corrected chi connectivity index (χ1v) is 7.39. The number of carbonyl (C=O) groups is 1. The predicted octanol–water partition coefficient (Wildman–Crippen LogP) is 2.19. The van der Waals surface area contributed by atoms with E-state index >= 15 is 0 Å². The second-order valence-electron chi connectivity index (χ2n) is 5.51. The Balaban J connectivity index is 1.83. The van der Waals surface area contributed by atoms with Gasteiger partial charge in [0.2, 0.25) is 0 Å². The Morgan fingerprint density at radius 1 is 1.26 bits per heavy atom. The van der Waals surface area contributed by atoms with E-state index in [1.807, 2.05) is 55.1 Å². The highest BCUT2D eigenvalue weighted by atomic mass is 16.2. The Morgan fingerprint density at radius 3 is 2.65 bits per heavy atom. The number of hydrogen-bond acceptors (Lipinski definition) is 3. The Hall–Kier alpha value is -2.89. The van der Waals surface area contributed by atoms with Gasteiger partial charge in [0.05, 0.1) is 29.7 Å². The molecule has 23 heavy (non-hydrogen) atoms. The van der Waals surface area contributed by atoms with E-state index in [0.717, 1.165) is 17.2 Å². The van der Waals surface area contributed by atoms with Crippen LogP contribution < -0.4 is 0 Å². The minimum absolute atomic E-state index is 0.0623. The lowest BCUT2D eigenvalue weighted by atomic mass is 10.2. The number of para-hydroxylation sites is 1. The molecule has 0 saturated carbocycles. The Bertz CT molecular complexity index is 819. The van der Waals surface area contributed by atoms with Crippen LogP contribution in [0.5, 0.6) is 0 Å². The van der Waals surface area contributed by atoms with E-state index < -0.39 is 0 Å². The van der Waals surface area contributed by atoms with Crippen LogP contribution >= 0.6 is 0 Å². The van der Waals surface area contributed by atoms with Crippen molar-refractivity contribution in [1.82, 2.24) is 24.2 Å². The molecule has 2 heterocycles. The maximum Gasteiger partial charge on any atom is 0.257 e. The number of aryl methyl sites for hydroxylation is 1. The molecule has 0 saturated heterocycles. The van der Waals surface area contributed by atoms with Gasteiger partial charge >= 0.3 is 0 Å². The molecule has 0 fully saturated rings. The van der Waals surface area contributed by atoms with Gasteiger partial charge in [0.15, 0.2) is 0 Å². The van der Waals surface area contributed by atoms with Crippen molar-refractivity contribution in [3.63, 3.8) is 0 Å². The third-order valence-electron chi connectivity index (χ3n) is 3.89. The zero-order chi connectivity index (χ0) is 16.4. The van der Waals surface area contributed by atoms with E-state index in [9.17, 15) is 4.79 Å². The van der Waals surface area contributed by atoms with Crippen molar-refractivity contribution in [2.24, 2.45) is 7.05 Å². The topological polar surface area (TPSA) is 56.0 Å². The zero-order valence-corrected chi connectivity index (χ0v) is 13.5. The van der Waals surface area contributed by atoms with Crippen LogP contribution in [-0.2, 0) is 13.6 Å². The first-order chi connectivity index (χ1) is 11.1. The van der Waals surface area contributed by atoms with Crippen LogP contribution in [0.2, 0.25) is 0 Å². The summed E-state index contributed by atoms with van der Waals surface area (Å²) in [6, 6.07) is 9.78. The predicted molar refractivity (Wildman–Crippen MR) is 87.3 cm³/mol. The number of hydrogen-bond donors (Lipinski definition) is 0. The van der Waals surface area contributed by atoms with Gasteiger partial charge in [-0.15, -0.1) is 0 Å². The van der Waals surface area contributed by atoms with Crippen LogP contribution in [0, 0.1) is 6.92 Å². The summed E-state index contributed by atoms with van der Waals surface area (Å²) < 4.78 is 3.69. The molecule has 1 aromatic carbocycles. The lowest BCUT2D eigenvalue weighted by molar-refractivity contribution is 0.0780. The molecular weight excluding hydrogens is 290 g/mol. The maximum absolute atomic E-state index is 12.7. The minimum Gasteiger partial charge on any atom is -0.337 e. The van der Waals surface area contributed by atoms with E-state index in [1.165, 1.54) is 0 Å². The molecule has 0 bridgehead atoms. The normalized spacial score (nSPS) is 10.7. The van der Waals surface area contributed by atoms with Gasteiger partial charge in [-0.2, -0.15) is 5.10 Å². The molecule has 2 aromatic heterocycles. The average molecular weight is 309 g/mol. The average Bonchev–Trinajstić information content (AvgIpc) is 3.14. The van der Waals surface area contributed by atoms with E-state index in [-0.39, 0.29) is 5.91 Å². The Kier molecular flexibility index (Phi) is 3.97. The highest BCUT2D eigenvalue weighted by Gasteiger charge is 2.19. The van der Waals surface area contributed by atoms with Crippen LogP contribution in [0.1, 0.15) is 21.9 Å². The van der Waals surface area contributed by atoms with Crippen molar-refractivity contribution in [3.05, 3.63) is 66.0 Å². The van der Waals surface area contributed by atoms with E-state index in [2.05, 4.69) is 10.1 Å². The number of amides is 1. The van der Waals surface area contributed by atoms with Gasteiger partial charge in [-0.05, 0) is 19.1 Å². The summed E-state index contributed by atoms with van der Waals surface area (Å²) >= 11 is 0. The Morgan fingerprint density at radius 2 is 2.00 bits per heavy atom. The number of carbonyl (C=O) groups excluding carboxylic acids is 1. The second kappa shape index (κ2) is 6.08. The molecule has 0 unspecified atom stereocenters. The van der Waals surface area contributed by atoms with Crippen molar-refractivity contribution < 1.29 is 4.79 Å². The lowest BCUT2D eigenvalue weighted by Crippen LogP contribution is -2.27. The van der Waals surface area contributed by atoms with Crippen LogP contribution in [0.25, 0.3) is 5.69 Å². The van der Waals surface area contributed by atoms with Gasteiger partial charge < -0.3 is 9.47 Å². The number of imidazole rings is 1. The van der Waals surface area contributed by atoms with Gasteiger partial charge in [-0.1, -0.05) is 18.2 Å². The van der Waals surface area contributed by atoms with Crippen molar-refractivity contribution >= 4 is 5.91 Å². The van der Waals surface area contributed by atoms with Crippen molar-refractivity contribution in [2.45, 2.75) is 13.5 Å². The fourth-order valence-electron chi connectivity index (χ4n) is 2.49. The summed E-state index contributed by atoms with van der Waals surface area (Å²) in [7, 11) is 3.69. The van der Waals surface area contributed by atoms with Gasteiger partial charge in [-0.3, -0.25) is 4.79 Å². The van der Waals surface area contributed by atoms with Gasteiger partial charge in [-0.25, -0.2) is 9.67 Å². The minimum atomic E-state index is -0.0623. The second-order valence-corrected chi connectivity index (χ2v) is 5.51. The first-order valence-electron chi connectivity index (χ1n) is 7.39. The maximum atomic E-state index is 12.7. The molecule has 3 aromatic rings. The van der Waals surface area contributed by atoms with Crippen LogP contribution in [0.15, 0.2) is 48.9 Å². The molecule has 0 aliphatic carbocycles. The number of rotatable bonds is 4. The van der Waals surface area contributed by atoms with Gasteiger partial charge in [0, 0.05) is 26.5 Å². The van der Waals surface area contributed by atoms with E-state index in [1.54, 1.807) is 29.0 Å². The Labute approximate surface area is 135 Å². The SMILES string of the molecule is Cc1c(C(=O)N(C)Cc2nccn2C)cnn1-c1ccccc1. The number of nitrogens with zero attached hydrogens (tertiary/aromatic N) is 5. The molecule has 3 rings (SSSR count). The summed E-state index contributed by atoms with van der Waals surface area (Å²) in [4.78, 5) is 18.6. The van der Waals surface area contributed by atoms with Crippen LogP contribution in [0.4, 0.5) is 0 Å². The quantitative estimate of drug-likeness (QED) is 0.742. The third kappa shape index (κ3) is 2.88. The molecule has 1 amide bonds. The molecule has 118 valence electrons. The monoisotopic (exact) mass is 309 g/mol. The first kappa shape index (κ1) is 15.0. The molecule has 6 nitrogen and oxygen atoms in total. The number of benzene rings is 1. The highest BCUT2D eigenvalue weighted by Crippen LogP contribution is 2.16. The number of aromatic nitrogens is 4. The van der Waals surface area contributed by atoms with Crippen LogP contribution in [-0.4, -0.2) is 37.2 Å². The molecule has 0 atom stereocenters. The van der Waals surface area contributed by atoms with Crippen molar-refractivity contribution in [2.75, 3.05) is 7.05 Å². The smallest absolute Gasteiger partial charge is 0.257 e. The molecule has 6 heteroatoms. The fourth-order valence-corrected chi connectivity index (χ4v) is 2.49. The fraction of sp³-hybridized carbons (Fsp3) is 0.235.